The van der Waals surface area contributed by atoms with Crippen LogP contribution in [0.3, 0.4) is 0 Å². The molecule has 64 heavy (non-hydrogen) atoms. The monoisotopic (exact) mass is 818 g/mol. The number of furan rings is 2. The molecule has 0 atom stereocenters. The minimum Gasteiger partial charge on any atom is -0.455 e. The van der Waals surface area contributed by atoms with E-state index >= 15 is 0 Å². The van der Waals surface area contributed by atoms with Gasteiger partial charge in [-0.15, -0.1) is 0 Å². The van der Waals surface area contributed by atoms with Crippen molar-refractivity contribution < 1.29 is 8.83 Å². The molecule has 300 valence electrons. The van der Waals surface area contributed by atoms with Gasteiger partial charge in [-0.2, -0.15) is 0 Å². The number of hydrogen-bond acceptors (Lipinski definition) is 4. The maximum absolute atomic E-state index is 7.21. The van der Waals surface area contributed by atoms with Crippen LogP contribution in [-0.4, -0.2) is 6.85 Å². The van der Waals surface area contributed by atoms with Gasteiger partial charge in [0, 0.05) is 44.2 Å². The van der Waals surface area contributed by atoms with Crippen molar-refractivity contribution in [1.29, 1.82) is 0 Å². The molecule has 15 rings (SSSR count). The molecular formula is C59H39BN2O2. The first kappa shape index (κ1) is 34.8. The van der Waals surface area contributed by atoms with Gasteiger partial charge in [-0.05, 0) is 109 Å². The van der Waals surface area contributed by atoms with Crippen LogP contribution in [0, 0.1) is 0 Å². The first-order valence-electron chi connectivity index (χ1n) is 22.5. The summed E-state index contributed by atoms with van der Waals surface area (Å²) in [6.45, 7) is 6.65. The van der Waals surface area contributed by atoms with Crippen LogP contribution < -0.4 is 20.6 Å². The van der Waals surface area contributed by atoms with E-state index in [0.717, 1.165) is 72.2 Å². The van der Waals surface area contributed by atoms with Gasteiger partial charge in [0.1, 0.15) is 16.7 Å². The van der Waals surface area contributed by atoms with E-state index in [9.17, 15) is 0 Å². The zero-order valence-corrected chi connectivity index (χ0v) is 35.6. The van der Waals surface area contributed by atoms with Crippen LogP contribution in [0.15, 0.2) is 191 Å². The summed E-state index contributed by atoms with van der Waals surface area (Å²) in [5.41, 5.74) is 22.6. The van der Waals surface area contributed by atoms with Crippen LogP contribution in [0.4, 0.5) is 28.4 Å². The van der Waals surface area contributed by atoms with Crippen molar-refractivity contribution in [3.63, 3.8) is 0 Å². The zero-order chi connectivity index (χ0) is 42.2. The molecule has 0 fully saturated rings. The molecule has 4 aliphatic rings. The summed E-state index contributed by atoms with van der Waals surface area (Å²) < 4.78 is 14.3. The Morgan fingerprint density at radius 3 is 1.80 bits per heavy atom. The topological polar surface area (TPSA) is 32.8 Å². The Hall–Kier alpha value is -7.76. The van der Waals surface area contributed by atoms with Crippen molar-refractivity contribution in [1.82, 2.24) is 0 Å². The minimum absolute atomic E-state index is 0.00482. The predicted molar refractivity (Wildman–Crippen MR) is 264 cm³/mol. The fourth-order valence-corrected chi connectivity index (χ4v) is 12.4. The fourth-order valence-electron chi connectivity index (χ4n) is 12.4. The maximum atomic E-state index is 7.21. The van der Waals surface area contributed by atoms with Crippen molar-refractivity contribution in [3.05, 3.63) is 210 Å². The summed E-state index contributed by atoms with van der Waals surface area (Å²) in [5.74, 6) is 0. The Balaban J connectivity index is 1.15. The van der Waals surface area contributed by atoms with E-state index in [4.69, 9.17) is 8.83 Å². The largest absolute Gasteiger partial charge is 0.455 e. The second-order valence-electron chi connectivity index (χ2n) is 19.1. The summed E-state index contributed by atoms with van der Waals surface area (Å²) in [4.78, 5) is 5.19. The van der Waals surface area contributed by atoms with E-state index in [1.165, 1.54) is 61.1 Å². The van der Waals surface area contributed by atoms with Crippen LogP contribution in [0.25, 0.3) is 66.1 Å². The third kappa shape index (κ3) is 4.08. The molecule has 2 aromatic heterocycles. The van der Waals surface area contributed by atoms with Crippen molar-refractivity contribution in [2.45, 2.75) is 31.6 Å². The Kier molecular flexibility index (Phi) is 6.43. The van der Waals surface area contributed by atoms with E-state index in [-0.39, 0.29) is 12.3 Å². The van der Waals surface area contributed by atoms with Gasteiger partial charge in [0.2, 0.25) is 0 Å². The number of fused-ring (bicyclic) bond motifs is 21. The van der Waals surface area contributed by atoms with Gasteiger partial charge in [0.25, 0.3) is 0 Å². The average molecular weight is 819 g/mol. The third-order valence-corrected chi connectivity index (χ3v) is 15.0. The molecule has 0 bridgehead atoms. The van der Waals surface area contributed by atoms with Crippen LogP contribution in [0.2, 0.25) is 0 Å². The lowest BCUT2D eigenvalue weighted by Crippen LogP contribution is -2.62. The maximum Gasteiger partial charge on any atom is 0.333 e. The Labute approximate surface area is 370 Å². The molecule has 4 nitrogen and oxygen atoms in total. The van der Waals surface area contributed by atoms with E-state index in [0.29, 0.717) is 0 Å². The van der Waals surface area contributed by atoms with Gasteiger partial charge >= 0.3 is 6.85 Å². The number of nitrogens with zero attached hydrogens (tertiary/aromatic N) is 2. The van der Waals surface area contributed by atoms with Crippen molar-refractivity contribution in [3.8, 4) is 22.3 Å². The number of hydrogen-bond donors (Lipinski definition) is 0. The smallest absolute Gasteiger partial charge is 0.333 e. The molecule has 5 heterocycles. The molecule has 0 unspecified atom stereocenters. The lowest BCUT2D eigenvalue weighted by Gasteiger charge is -2.51. The van der Waals surface area contributed by atoms with E-state index in [1.54, 1.807) is 0 Å². The van der Waals surface area contributed by atoms with Gasteiger partial charge in [0.05, 0.1) is 16.8 Å². The molecule has 11 aromatic rings. The lowest BCUT2D eigenvalue weighted by molar-refractivity contribution is 0.590. The number of anilines is 5. The van der Waals surface area contributed by atoms with Crippen molar-refractivity contribution in [2.24, 2.45) is 0 Å². The normalized spacial score (nSPS) is 14.8. The van der Waals surface area contributed by atoms with Gasteiger partial charge in [0.15, 0.2) is 5.58 Å². The molecule has 1 aliphatic carbocycles. The molecular weight excluding hydrogens is 779 g/mol. The van der Waals surface area contributed by atoms with Gasteiger partial charge in [-0.3, -0.25) is 0 Å². The number of para-hydroxylation sites is 4. The molecule has 0 radical (unpaired) electrons. The Morgan fingerprint density at radius 2 is 1.08 bits per heavy atom. The first-order chi connectivity index (χ1) is 31.4. The first-order valence-corrected chi connectivity index (χ1v) is 22.5. The summed E-state index contributed by atoms with van der Waals surface area (Å²) in [6.07, 6.45) is 0. The van der Waals surface area contributed by atoms with Crippen LogP contribution >= 0.6 is 0 Å². The minimum atomic E-state index is -0.556. The Bertz CT molecular complexity index is 3820. The van der Waals surface area contributed by atoms with E-state index in [2.05, 4.69) is 212 Å². The second-order valence-corrected chi connectivity index (χ2v) is 19.1. The fraction of sp³-hybridized carbons (Fsp3) is 0.0847. The van der Waals surface area contributed by atoms with Gasteiger partial charge in [-0.25, -0.2) is 0 Å². The summed E-state index contributed by atoms with van der Waals surface area (Å²) in [5, 5.41) is 4.44. The number of benzene rings is 9. The Morgan fingerprint density at radius 1 is 0.469 bits per heavy atom. The molecule has 3 aliphatic heterocycles. The van der Waals surface area contributed by atoms with Gasteiger partial charge in [-0.1, -0.05) is 154 Å². The van der Waals surface area contributed by atoms with Gasteiger partial charge < -0.3 is 18.5 Å². The summed E-state index contributed by atoms with van der Waals surface area (Å²) >= 11 is 0. The van der Waals surface area contributed by atoms with Crippen LogP contribution in [-0.2, 0) is 10.8 Å². The molecule has 0 saturated carbocycles. The summed E-state index contributed by atoms with van der Waals surface area (Å²) in [7, 11) is 0. The summed E-state index contributed by atoms with van der Waals surface area (Å²) in [6, 6.07) is 67.7. The molecule has 0 amide bonds. The molecule has 1 spiro atoms. The van der Waals surface area contributed by atoms with E-state index in [1.807, 2.05) is 0 Å². The highest BCUT2D eigenvalue weighted by Crippen LogP contribution is 2.65. The van der Waals surface area contributed by atoms with Crippen LogP contribution in [0.1, 0.15) is 48.6 Å². The standard InChI is InChI=1S/C59H39BN2O2/c1-58(2,3)34-27-29-35(30-28-34)62-49-32-31-40-38-17-6-12-25-50(38)63-56(40)52(49)42-33-41-39-18-7-13-26-51(39)64-57(41)55-53(42)60(62)47-23-14-22-46-54(47)61(55)48-24-11-10-21-45(48)59(46)43-19-8-4-15-36(43)37-16-5-9-20-44(37)59/h4-33H,1-3H3. The zero-order valence-electron chi connectivity index (χ0n) is 35.6. The SMILES string of the molecule is CC(C)(C)c1ccc(N2B3c4cccc5c4N(c4ccccc4C54c5ccccc5-c5ccccc54)c4c3c(cc3c4oc4ccccc43)-c3c2ccc2c3oc3ccccc32)cc1. The molecule has 0 saturated heterocycles. The quantitative estimate of drug-likeness (QED) is 0.155. The number of rotatable bonds is 1. The lowest BCUT2D eigenvalue weighted by atomic mass is 9.42. The highest BCUT2D eigenvalue weighted by atomic mass is 16.3. The highest BCUT2D eigenvalue weighted by Gasteiger charge is 2.56. The van der Waals surface area contributed by atoms with Crippen molar-refractivity contribution in [2.75, 3.05) is 9.71 Å². The third-order valence-electron chi connectivity index (χ3n) is 15.0. The molecule has 0 N–H and O–H groups in total. The second kappa shape index (κ2) is 11.8. The molecule has 5 heteroatoms. The van der Waals surface area contributed by atoms with E-state index < -0.39 is 5.41 Å². The van der Waals surface area contributed by atoms with Crippen LogP contribution in [0.5, 0.6) is 0 Å². The van der Waals surface area contributed by atoms with Crippen molar-refractivity contribution >= 4 is 90.1 Å². The highest BCUT2D eigenvalue weighted by molar-refractivity contribution is 6.94. The average Bonchev–Trinajstić information content (AvgIpc) is 3.99. The molecule has 9 aromatic carbocycles. The predicted octanol–water partition coefficient (Wildman–Crippen LogP) is 14.2.